The third-order valence-electron chi connectivity index (χ3n) is 2.24. The highest BCUT2D eigenvalue weighted by atomic mass is 19.4. The molecule has 0 spiro atoms. The van der Waals surface area contributed by atoms with Crippen LogP contribution in [-0.4, -0.2) is 39.1 Å². The second-order valence-electron chi connectivity index (χ2n) is 3.71. The number of aromatic amines is 2. The van der Waals surface area contributed by atoms with Crippen molar-refractivity contribution in [2.75, 3.05) is 13.2 Å². The number of hydrogen-bond donors (Lipinski definition) is 2. The topological polar surface area (TPSA) is 92.8 Å². The summed E-state index contributed by atoms with van der Waals surface area (Å²) in [6.45, 7) is -1.65. The molecule has 0 bridgehead atoms. The number of aromatic nitrogens is 4. The maximum atomic E-state index is 11.8. The van der Waals surface area contributed by atoms with Gasteiger partial charge in [-0.15, -0.1) is 0 Å². The Morgan fingerprint density at radius 1 is 1.32 bits per heavy atom. The minimum Gasteiger partial charge on any atom is -0.370 e. The highest BCUT2D eigenvalue weighted by molar-refractivity contribution is 5.72. The molecule has 2 N–H and O–H groups in total. The van der Waals surface area contributed by atoms with Gasteiger partial charge in [0.05, 0.1) is 24.9 Å². The molecule has 0 aromatic carbocycles. The lowest BCUT2D eigenvalue weighted by Gasteiger charge is -2.07. The molecule has 0 amide bonds. The summed E-state index contributed by atoms with van der Waals surface area (Å²) < 4.78 is 41.1. The first-order valence-electron chi connectivity index (χ1n) is 5.19. The predicted octanol–water partition coefficient (Wildman–Crippen LogP) is -0.00820. The number of hydrogen-bond acceptors (Lipinski definition) is 4. The van der Waals surface area contributed by atoms with E-state index in [0.29, 0.717) is 0 Å². The van der Waals surface area contributed by atoms with Crippen LogP contribution < -0.4 is 11.2 Å². The molecule has 7 nitrogen and oxygen atoms in total. The highest BCUT2D eigenvalue weighted by Crippen LogP contribution is 2.14. The van der Waals surface area contributed by atoms with Gasteiger partial charge in [-0.2, -0.15) is 18.3 Å². The molecule has 0 radical (unpaired) electrons. The fourth-order valence-electron chi connectivity index (χ4n) is 1.54. The van der Waals surface area contributed by atoms with Crippen LogP contribution in [0.15, 0.2) is 15.8 Å². The number of halogens is 3. The molecule has 0 unspecified atom stereocenters. The molecule has 0 saturated carbocycles. The quantitative estimate of drug-likeness (QED) is 0.769. The van der Waals surface area contributed by atoms with Crippen molar-refractivity contribution in [3.8, 4) is 0 Å². The molecular weight excluding hydrogens is 269 g/mol. The van der Waals surface area contributed by atoms with Crippen LogP contribution in [0.5, 0.6) is 0 Å². The summed E-state index contributed by atoms with van der Waals surface area (Å²) in [7, 11) is 0. The van der Waals surface area contributed by atoms with Crippen molar-refractivity contribution >= 4 is 11.0 Å². The molecular formula is C9H9F3N4O3. The minimum absolute atomic E-state index is 0.0330. The summed E-state index contributed by atoms with van der Waals surface area (Å²) in [5, 5.41) is 3.80. The van der Waals surface area contributed by atoms with Crippen LogP contribution in [0.1, 0.15) is 0 Å². The van der Waals surface area contributed by atoms with E-state index < -0.39 is 24.0 Å². The van der Waals surface area contributed by atoms with E-state index in [4.69, 9.17) is 0 Å². The smallest absolute Gasteiger partial charge is 0.370 e. The van der Waals surface area contributed by atoms with E-state index in [1.807, 2.05) is 4.98 Å². The zero-order valence-electron chi connectivity index (χ0n) is 9.45. The van der Waals surface area contributed by atoms with Gasteiger partial charge in [0.15, 0.2) is 0 Å². The van der Waals surface area contributed by atoms with Crippen molar-refractivity contribution in [2.45, 2.75) is 12.7 Å². The van der Waals surface area contributed by atoms with Crippen LogP contribution in [0.2, 0.25) is 0 Å². The summed E-state index contributed by atoms with van der Waals surface area (Å²) in [5.41, 5.74) is -1.04. The zero-order valence-corrected chi connectivity index (χ0v) is 9.45. The fourth-order valence-corrected chi connectivity index (χ4v) is 1.54. The Morgan fingerprint density at radius 3 is 2.74 bits per heavy atom. The highest BCUT2D eigenvalue weighted by Gasteiger charge is 2.27. The first-order valence-corrected chi connectivity index (χ1v) is 5.19. The Morgan fingerprint density at radius 2 is 2.05 bits per heavy atom. The molecule has 10 heteroatoms. The molecule has 0 atom stereocenters. The van der Waals surface area contributed by atoms with Gasteiger partial charge in [0.2, 0.25) is 0 Å². The SMILES string of the molecule is O=c1[nH]c(=O)c2c(cnn2CCOCC(F)(F)F)[nH]1. The minimum atomic E-state index is -4.39. The summed E-state index contributed by atoms with van der Waals surface area (Å²) in [4.78, 5) is 26.9. The maximum Gasteiger partial charge on any atom is 0.411 e. The molecule has 0 aliphatic rings. The van der Waals surface area contributed by atoms with Gasteiger partial charge in [0.25, 0.3) is 5.56 Å². The van der Waals surface area contributed by atoms with E-state index in [1.54, 1.807) is 0 Å². The lowest BCUT2D eigenvalue weighted by molar-refractivity contribution is -0.174. The van der Waals surface area contributed by atoms with Crippen LogP contribution >= 0.6 is 0 Å². The monoisotopic (exact) mass is 278 g/mol. The molecule has 0 fully saturated rings. The van der Waals surface area contributed by atoms with Gasteiger partial charge in [0, 0.05) is 0 Å². The standard InChI is InChI=1S/C9H9F3N4O3/c10-9(11,12)4-19-2-1-16-6-5(3-13-16)14-8(18)15-7(6)17/h3H,1-2,4H2,(H2,14,15,17,18). The Bertz CT molecular complexity index is 684. The molecule has 2 rings (SSSR count). The average Bonchev–Trinajstić information content (AvgIpc) is 2.66. The molecule has 2 aromatic rings. The number of nitrogens with zero attached hydrogens (tertiary/aromatic N) is 2. The van der Waals surface area contributed by atoms with Crippen molar-refractivity contribution in [1.82, 2.24) is 19.7 Å². The fraction of sp³-hybridized carbons (Fsp3) is 0.444. The van der Waals surface area contributed by atoms with Crippen molar-refractivity contribution in [2.24, 2.45) is 0 Å². The number of ether oxygens (including phenoxy) is 1. The Balaban J connectivity index is 2.10. The molecule has 19 heavy (non-hydrogen) atoms. The van der Waals surface area contributed by atoms with Crippen molar-refractivity contribution in [3.05, 3.63) is 27.0 Å². The zero-order chi connectivity index (χ0) is 14.0. The average molecular weight is 278 g/mol. The van der Waals surface area contributed by atoms with Gasteiger partial charge in [-0.1, -0.05) is 0 Å². The first kappa shape index (κ1) is 13.3. The van der Waals surface area contributed by atoms with E-state index >= 15 is 0 Å². The Hall–Kier alpha value is -2.10. The predicted molar refractivity (Wildman–Crippen MR) is 57.8 cm³/mol. The molecule has 0 aliphatic carbocycles. The van der Waals surface area contributed by atoms with E-state index in [1.165, 1.54) is 10.9 Å². The van der Waals surface area contributed by atoms with E-state index in [-0.39, 0.29) is 24.2 Å². The second kappa shape index (κ2) is 4.88. The number of H-pyrrole nitrogens is 2. The maximum absolute atomic E-state index is 11.8. The molecule has 2 heterocycles. The Labute approximate surface area is 103 Å². The van der Waals surface area contributed by atoms with Gasteiger partial charge < -0.3 is 9.72 Å². The second-order valence-corrected chi connectivity index (χ2v) is 3.71. The van der Waals surface area contributed by atoms with Gasteiger partial charge in [0.1, 0.15) is 12.1 Å². The molecule has 0 aliphatic heterocycles. The third kappa shape index (κ3) is 3.22. The molecule has 2 aromatic heterocycles. The Kier molecular flexibility index (Phi) is 3.42. The third-order valence-corrected chi connectivity index (χ3v) is 2.24. The number of nitrogens with one attached hydrogen (secondary N) is 2. The van der Waals surface area contributed by atoms with Crippen LogP contribution in [0.3, 0.4) is 0 Å². The van der Waals surface area contributed by atoms with Crippen molar-refractivity contribution in [1.29, 1.82) is 0 Å². The summed E-state index contributed by atoms with van der Waals surface area (Å²) in [5.74, 6) is 0. The van der Waals surface area contributed by atoms with E-state index in [2.05, 4.69) is 14.8 Å². The van der Waals surface area contributed by atoms with Crippen LogP contribution in [-0.2, 0) is 11.3 Å². The van der Waals surface area contributed by atoms with Crippen molar-refractivity contribution in [3.63, 3.8) is 0 Å². The van der Waals surface area contributed by atoms with Crippen molar-refractivity contribution < 1.29 is 17.9 Å². The largest absolute Gasteiger partial charge is 0.411 e. The summed E-state index contributed by atoms with van der Waals surface area (Å²) in [6, 6.07) is 0. The van der Waals surface area contributed by atoms with Crippen LogP contribution in [0.4, 0.5) is 13.2 Å². The van der Waals surface area contributed by atoms with Gasteiger partial charge >= 0.3 is 11.9 Å². The summed E-state index contributed by atoms with van der Waals surface area (Å²) in [6.07, 6.45) is -3.15. The van der Waals surface area contributed by atoms with E-state index in [9.17, 15) is 22.8 Å². The normalized spacial score (nSPS) is 12.2. The van der Waals surface area contributed by atoms with Crippen LogP contribution in [0, 0.1) is 0 Å². The first-order chi connectivity index (χ1) is 8.87. The van der Waals surface area contributed by atoms with Gasteiger partial charge in [-0.25, -0.2) is 4.79 Å². The summed E-state index contributed by atoms with van der Waals surface area (Å²) >= 11 is 0. The lowest BCUT2D eigenvalue weighted by atomic mass is 10.4. The van der Waals surface area contributed by atoms with Gasteiger partial charge in [-0.05, 0) is 0 Å². The molecule has 0 saturated heterocycles. The van der Waals surface area contributed by atoms with Crippen LogP contribution in [0.25, 0.3) is 11.0 Å². The van der Waals surface area contributed by atoms with Gasteiger partial charge in [-0.3, -0.25) is 14.5 Å². The number of rotatable bonds is 4. The lowest BCUT2D eigenvalue weighted by Crippen LogP contribution is -2.24. The number of alkyl halides is 3. The number of fused-ring (bicyclic) bond motifs is 1. The molecule has 104 valence electrons. The van der Waals surface area contributed by atoms with E-state index in [0.717, 1.165) is 0 Å².